The number of rotatable bonds is 6. The molecule has 8 heteroatoms. The van der Waals surface area contributed by atoms with Gasteiger partial charge in [-0.3, -0.25) is 14.9 Å². The van der Waals surface area contributed by atoms with E-state index >= 15 is 0 Å². The largest absolute Gasteiger partial charge is 0.342 e. The molecule has 0 aliphatic rings. The van der Waals surface area contributed by atoms with Gasteiger partial charge in [0.1, 0.15) is 0 Å². The van der Waals surface area contributed by atoms with Crippen LogP contribution in [0, 0.1) is 10.1 Å². The van der Waals surface area contributed by atoms with Gasteiger partial charge < -0.3 is 4.57 Å². The van der Waals surface area contributed by atoms with Crippen molar-refractivity contribution in [3.63, 3.8) is 0 Å². The van der Waals surface area contributed by atoms with Gasteiger partial charge in [0, 0.05) is 45.8 Å². The smallest absolute Gasteiger partial charge is 0.272 e. The minimum atomic E-state index is -0.411. The second-order valence-electron chi connectivity index (χ2n) is 6.83. The third-order valence-electron chi connectivity index (χ3n) is 4.81. The number of carbonyl (C=O) groups is 1. The Morgan fingerprint density at radius 1 is 1.06 bits per heavy atom. The van der Waals surface area contributed by atoms with Gasteiger partial charge >= 0.3 is 0 Å². The summed E-state index contributed by atoms with van der Waals surface area (Å²) in [5, 5.41) is 16.0. The monoisotopic (exact) mass is 476 g/mol. The highest BCUT2D eigenvalue weighted by Gasteiger charge is 2.10. The molecule has 0 fully saturated rings. The number of benzene rings is 3. The van der Waals surface area contributed by atoms with Gasteiger partial charge in [-0.2, -0.15) is 5.10 Å². The minimum absolute atomic E-state index is 0.0646. The molecule has 0 saturated carbocycles. The summed E-state index contributed by atoms with van der Waals surface area (Å²) in [7, 11) is 0. The van der Waals surface area contributed by atoms with Gasteiger partial charge in [-0.25, -0.2) is 5.43 Å². The Bertz CT molecular complexity index is 1300. The van der Waals surface area contributed by atoms with Crippen LogP contribution in [0.5, 0.6) is 0 Å². The fourth-order valence-electron chi connectivity index (χ4n) is 3.29. The molecule has 4 aromatic rings. The number of aromatic nitrogens is 1. The van der Waals surface area contributed by atoms with Crippen LogP contribution in [0.25, 0.3) is 10.9 Å². The summed E-state index contributed by atoms with van der Waals surface area (Å²) < 4.78 is 2.75. The number of carbonyl (C=O) groups excluding carboxylic acids is 1. The average Bonchev–Trinajstić information content (AvgIpc) is 3.12. The molecule has 0 saturated heterocycles. The number of nitrogens with zero attached hydrogens (tertiary/aromatic N) is 3. The predicted molar refractivity (Wildman–Crippen MR) is 123 cm³/mol. The van der Waals surface area contributed by atoms with Crippen molar-refractivity contribution in [1.82, 2.24) is 9.99 Å². The van der Waals surface area contributed by atoms with Crippen molar-refractivity contribution in [3.8, 4) is 0 Å². The lowest BCUT2D eigenvalue weighted by Crippen LogP contribution is -2.18. The van der Waals surface area contributed by atoms with Crippen molar-refractivity contribution in [2.45, 2.75) is 6.54 Å². The number of hydrogen-bond donors (Lipinski definition) is 1. The quantitative estimate of drug-likeness (QED) is 0.237. The van der Waals surface area contributed by atoms with E-state index in [0.29, 0.717) is 16.6 Å². The Balaban J connectivity index is 1.56. The third kappa shape index (κ3) is 4.54. The van der Waals surface area contributed by atoms with E-state index in [1.165, 1.54) is 12.1 Å². The molecule has 0 spiro atoms. The van der Waals surface area contributed by atoms with Gasteiger partial charge in [0.25, 0.3) is 11.6 Å². The van der Waals surface area contributed by atoms with E-state index in [4.69, 9.17) is 0 Å². The van der Waals surface area contributed by atoms with Crippen molar-refractivity contribution in [1.29, 1.82) is 0 Å². The summed E-state index contributed by atoms with van der Waals surface area (Å²) in [5.74, 6) is -0.307. The number of hydrazone groups is 1. The van der Waals surface area contributed by atoms with Crippen LogP contribution in [0.3, 0.4) is 0 Å². The van der Waals surface area contributed by atoms with Crippen LogP contribution in [0.4, 0.5) is 5.69 Å². The molecule has 3 aromatic carbocycles. The van der Waals surface area contributed by atoms with Crippen LogP contribution in [0.1, 0.15) is 21.5 Å². The number of non-ortho nitro benzene ring substituents is 1. The van der Waals surface area contributed by atoms with Gasteiger partial charge in [-0.1, -0.05) is 42.5 Å². The first-order valence-corrected chi connectivity index (χ1v) is 10.2. The van der Waals surface area contributed by atoms with Crippen LogP contribution < -0.4 is 5.43 Å². The molecule has 0 aliphatic heterocycles. The summed E-state index contributed by atoms with van der Waals surface area (Å²) in [5.41, 5.74) is 5.91. The SMILES string of the molecule is O=C(N/N=C\c1cn(Cc2ccc([N+](=O)[O-])cc2)c2ccccc12)c1ccccc1Br. The maximum atomic E-state index is 12.3. The zero-order chi connectivity index (χ0) is 21.8. The summed E-state index contributed by atoms with van der Waals surface area (Å²) in [6.07, 6.45) is 3.56. The summed E-state index contributed by atoms with van der Waals surface area (Å²) >= 11 is 3.36. The standard InChI is InChI=1S/C23H17BrN4O3/c24-21-7-3-1-6-20(21)23(29)26-25-13-17-15-27(22-8-4-2-5-19(17)22)14-16-9-11-18(12-10-16)28(30)31/h1-13,15H,14H2,(H,26,29)/b25-13-. The van der Waals surface area contributed by atoms with E-state index in [-0.39, 0.29) is 11.6 Å². The Morgan fingerprint density at radius 2 is 1.77 bits per heavy atom. The fourth-order valence-corrected chi connectivity index (χ4v) is 3.76. The van der Waals surface area contributed by atoms with Crippen LogP contribution in [-0.4, -0.2) is 21.6 Å². The zero-order valence-electron chi connectivity index (χ0n) is 16.2. The molecule has 7 nitrogen and oxygen atoms in total. The normalized spacial score (nSPS) is 11.1. The maximum Gasteiger partial charge on any atom is 0.272 e. The molecule has 1 heterocycles. The Labute approximate surface area is 186 Å². The van der Waals surface area contributed by atoms with Gasteiger partial charge in [0.05, 0.1) is 16.7 Å². The molecule has 1 amide bonds. The van der Waals surface area contributed by atoms with E-state index in [0.717, 1.165) is 22.0 Å². The lowest BCUT2D eigenvalue weighted by atomic mass is 10.2. The lowest BCUT2D eigenvalue weighted by Gasteiger charge is -2.05. The number of hydrogen-bond acceptors (Lipinski definition) is 4. The number of halogens is 1. The van der Waals surface area contributed by atoms with Crippen LogP contribution in [0.15, 0.2) is 88.6 Å². The van der Waals surface area contributed by atoms with Gasteiger partial charge in [0.15, 0.2) is 0 Å². The highest BCUT2D eigenvalue weighted by Crippen LogP contribution is 2.22. The highest BCUT2D eigenvalue weighted by atomic mass is 79.9. The number of fused-ring (bicyclic) bond motifs is 1. The molecule has 1 N–H and O–H groups in total. The number of amides is 1. The second-order valence-corrected chi connectivity index (χ2v) is 7.69. The molecule has 0 aliphatic carbocycles. The Hall–Kier alpha value is -3.78. The summed E-state index contributed by atoms with van der Waals surface area (Å²) in [6.45, 7) is 0.551. The first-order chi connectivity index (χ1) is 15.0. The number of para-hydroxylation sites is 1. The van der Waals surface area contributed by atoms with Crippen molar-refractivity contribution >= 4 is 44.6 Å². The molecular formula is C23H17BrN4O3. The van der Waals surface area contributed by atoms with E-state index in [1.807, 2.05) is 41.1 Å². The molecule has 4 rings (SSSR count). The summed E-state index contributed by atoms with van der Waals surface area (Å²) in [4.78, 5) is 22.8. The Morgan fingerprint density at radius 3 is 2.52 bits per heavy atom. The van der Waals surface area contributed by atoms with Gasteiger partial charge in [-0.15, -0.1) is 0 Å². The van der Waals surface area contributed by atoms with E-state index in [1.54, 1.807) is 36.5 Å². The van der Waals surface area contributed by atoms with Crippen molar-refractivity contribution in [2.75, 3.05) is 0 Å². The fraction of sp³-hybridized carbons (Fsp3) is 0.0435. The van der Waals surface area contributed by atoms with Crippen LogP contribution >= 0.6 is 15.9 Å². The highest BCUT2D eigenvalue weighted by molar-refractivity contribution is 9.10. The number of nitrogens with one attached hydrogen (secondary N) is 1. The van der Waals surface area contributed by atoms with Crippen LogP contribution in [-0.2, 0) is 6.54 Å². The van der Waals surface area contributed by atoms with Crippen molar-refractivity contribution in [3.05, 3.63) is 110 Å². The molecule has 154 valence electrons. The molecule has 0 unspecified atom stereocenters. The van der Waals surface area contributed by atoms with E-state index in [9.17, 15) is 14.9 Å². The zero-order valence-corrected chi connectivity index (χ0v) is 17.8. The van der Waals surface area contributed by atoms with Gasteiger partial charge in [0.2, 0.25) is 0 Å². The first kappa shape index (κ1) is 20.5. The molecule has 31 heavy (non-hydrogen) atoms. The van der Waals surface area contributed by atoms with Crippen molar-refractivity contribution < 1.29 is 9.72 Å². The lowest BCUT2D eigenvalue weighted by molar-refractivity contribution is -0.384. The minimum Gasteiger partial charge on any atom is -0.342 e. The molecular weight excluding hydrogens is 460 g/mol. The molecule has 1 aromatic heterocycles. The van der Waals surface area contributed by atoms with Gasteiger partial charge in [-0.05, 0) is 39.7 Å². The molecule has 0 bridgehead atoms. The summed E-state index contributed by atoms with van der Waals surface area (Å²) in [6, 6.07) is 21.5. The van der Waals surface area contributed by atoms with Crippen molar-refractivity contribution in [2.24, 2.45) is 5.10 Å². The second kappa shape index (κ2) is 8.93. The number of nitro benzene ring substituents is 1. The van der Waals surface area contributed by atoms with E-state index < -0.39 is 4.92 Å². The third-order valence-corrected chi connectivity index (χ3v) is 5.50. The Kier molecular flexibility index (Phi) is 5.90. The molecule has 0 radical (unpaired) electrons. The average molecular weight is 477 g/mol. The van der Waals surface area contributed by atoms with E-state index in [2.05, 4.69) is 26.5 Å². The maximum absolute atomic E-state index is 12.3. The van der Waals surface area contributed by atoms with Crippen LogP contribution in [0.2, 0.25) is 0 Å². The topological polar surface area (TPSA) is 89.5 Å². The first-order valence-electron chi connectivity index (χ1n) is 9.42. The number of nitro groups is 1. The molecule has 0 atom stereocenters. The predicted octanol–water partition coefficient (Wildman–Crippen LogP) is 5.12.